The molecule has 0 unspecified atom stereocenters. The van der Waals surface area contributed by atoms with Gasteiger partial charge in [-0.1, -0.05) is 0 Å². The summed E-state index contributed by atoms with van der Waals surface area (Å²) in [7, 11) is 3.91. The van der Waals surface area contributed by atoms with Gasteiger partial charge in [0.15, 0.2) is 11.5 Å². The number of nitrogens with zero attached hydrogens (tertiary/aromatic N) is 4. The molecule has 6 nitrogen and oxygen atoms in total. The highest BCUT2D eigenvalue weighted by molar-refractivity contribution is 7.09. The summed E-state index contributed by atoms with van der Waals surface area (Å²) < 4.78 is 0. The molecule has 3 aromatic rings. The highest BCUT2D eigenvalue weighted by Crippen LogP contribution is 2.22. The van der Waals surface area contributed by atoms with Crippen LogP contribution >= 0.6 is 11.3 Å². The van der Waals surface area contributed by atoms with Crippen molar-refractivity contribution in [1.82, 2.24) is 19.9 Å². The predicted octanol–water partition coefficient (Wildman–Crippen LogP) is 1.61. The molecule has 0 aliphatic rings. The van der Waals surface area contributed by atoms with Crippen molar-refractivity contribution in [3.05, 3.63) is 22.5 Å². The van der Waals surface area contributed by atoms with Crippen molar-refractivity contribution in [2.24, 2.45) is 5.73 Å². The van der Waals surface area contributed by atoms with E-state index in [9.17, 15) is 0 Å². The maximum Gasteiger partial charge on any atom is 0.180 e. The third-order valence-corrected chi connectivity index (χ3v) is 3.63. The zero-order valence-electron chi connectivity index (χ0n) is 10.7. The first kappa shape index (κ1) is 12.1. The number of aromatic amines is 1. The first-order valence-corrected chi connectivity index (χ1v) is 6.74. The van der Waals surface area contributed by atoms with Gasteiger partial charge in [-0.3, -0.25) is 0 Å². The van der Waals surface area contributed by atoms with Crippen LogP contribution in [0.4, 0.5) is 5.82 Å². The van der Waals surface area contributed by atoms with Crippen molar-refractivity contribution < 1.29 is 0 Å². The number of aromatic nitrogens is 4. The van der Waals surface area contributed by atoms with Crippen LogP contribution in [0.1, 0.15) is 5.01 Å². The number of fused-ring (bicyclic) bond motifs is 1. The average molecular weight is 274 g/mol. The summed E-state index contributed by atoms with van der Waals surface area (Å²) in [5.74, 6) is 1.61. The number of pyridine rings is 1. The molecule has 0 bridgehead atoms. The maximum absolute atomic E-state index is 5.57. The molecular weight excluding hydrogens is 260 g/mol. The van der Waals surface area contributed by atoms with Crippen molar-refractivity contribution in [2.45, 2.75) is 6.54 Å². The topological polar surface area (TPSA) is 83.7 Å². The van der Waals surface area contributed by atoms with Crippen molar-refractivity contribution in [1.29, 1.82) is 0 Å². The molecule has 0 saturated carbocycles. The summed E-state index contributed by atoms with van der Waals surface area (Å²) in [5.41, 5.74) is 7.99. The van der Waals surface area contributed by atoms with Gasteiger partial charge in [0.1, 0.15) is 16.5 Å². The standard InChI is InChI=1S/C12H14N6S/c1-18(2)9-4-3-7-11(16-9)17-12(15-7)8-6-19-10(5-13)14-8/h3-4,6H,5,13H2,1-2H3,(H,15,16,17). The lowest BCUT2D eigenvalue weighted by Crippen LogP contribution is -2.10. The molecule has 98 valence electrons. The van der Waals surface area contributed by atoms with Gasteiger partial charge in [-0.25, -0.2) is 15.0 Å². The molecule has 3 N–H and O–H groups in total. The highest BCUT2D eigenvalue weighted by Gasteiger charge is 2.10. The normalized spacial score (nSPS) is 11.1. The van der Waals surface area contributed by atoms with Gasteiger partial charge in [0, 0.05) is 26.0 Å². The lowest BCUT2D eigenvalue weighted by atomic mass is 10.4. The number of thiazole rings is 1. The Morgan fingerprint density at radius 1 is 1.26 bits per heavy atom. The van der Waals surface area contributed by atoms with E-state index in [-0.39, 0.29) is 0 Å². The smallest absolute Gasteiger partial charge is 0.180 e. The second-order valence-electron chi connectivity index (χ2n) is 4.35. The van der Waals surface area contributed by atoms with Crippen molar-refractivity contribution in [3.8, 4) is 11.5 Å². The molecule has 0 spiro atoms. The number of imidazole rings is 1. The van der Waals surface area contributed by atoms with Crippen LogP contribution in [0, 0.1) is 0 Å². The minimum atomic E-state index is 0.452. The lowest BCUT2D eigenvalue weighted by molar-refractivity contribution is 1.04. The van der Waals surface area contributed by atoms with E-state index in [1.165, 1.54) is 11.3 Å². The average Bonchev–Trinajstić information content (AvgIpc) is 3.03. The number of anilines is 1. The second kappa shape index (κ2) is 4.60. The van der Waals surface area contributed by atoms with Crippen molar-refractivity contribution >= 4 is 28.3 Å². The van der Waals surface area contributed by atoms with Crippen LogP contribution in [0.25, 0.3) is 22.7 Å². The molecule has 0 aromatic carbocycles. The van der Waals surface area contributed by atoms with E-state index in [0.717, 1.165) is 27.9 Å². The van der Waals surface area contributed by atoms with Crippen LogP contribution in [-0.2, 0) is 6.54 Å². The van der Waals surface area contributed by atoms with E-state index in [4.69, 9.17) is 5.73 Å². The largest absolute Gasteiger partial charge is 0.363 e. The molecule has 0 radical (unpaired) electrons. The van der Waals surface area contributed by atoms with Crippen LogP contribution in [0.5, 0.6) is 0 Å². The minimum absolute atomic E-state index is 0.452. The van der Waals surface area contributed by atoms with Gasteiger partial charge in [0.25, 0.3) is 0 Å². The number of nitrogens with one attached hydrogen (secondary N) is 1. The molecule has 0 atom stereocenters. The van der Waals surface area contributed by atoms with Crippen LogP contribution in [0.15, 0.2) is 17.5 Å². The number of hydrogen-bond acceptors (Lipinski definition) is 6. The van der Waals surface area contributed by atoms with Gasteiger partial charge >= 0.3 is 0 Å². The summed E-state index contributed by atoms with van der Waals surface area (Å²) in [6.45, 7) is 0.452. The summed E-state index contributed by atoms with van der Waals surface area (Å²) in [4.78, 5) is 18.6. The molecule has 19 heavy (non-hydrogen) atoms. The van der Waals surface area contributed by atoms with E-state index in [1.54, 1.807) is 0 Å². The monoisotopic (exact) mass is 274 g/mol. The molecule has 7 heteroatoms. The van der Waals surface area contributed by atoms with Crippen LogP contribution in [-0.4, -0.2) is 34.0 Å². The highest BCUT2D eigenvalue weighted by atomic mass is 32.1. The summed E-state index contributed by atoms with van der Waals surface area (Å²) in [6, 6.07) is 3.93. The molecule has 0 fully saturated rings. The van der Waals surface area contributed by atoms with Crippen LogP contribution < -0.4 is 10.6 Å². The third-order valence-electron chi connectivity index (χ3n) is 2.76. The Balaban J connectivity index is 2.05. The molecule has 3 rings (SSSR count). The molecule has 0 amide bonds. The van der Waals surface area contributed by atoms with Gasteiger partial charge in [-0.15, -0.1) is 11.3 Å². The molecule has 3 heterocycles. The van der Waals surface area contributed by atoms with Crippen molar-refractivity contribution in [3.63, 3.8) is 0 Å². The van der Waals surface area contributed by atoms with E-state index in [1.807, 2.05) is 36.5 Å². The van der Waals surface area contributed by atoms with Crippen LogP contribution in [0.2, 0.25) is 0 Å². The number of hydrogen-bond donors (Lipinski definition) is 2. The fourth-order valence-corrected chi connectivity index (χ4v) is 2.43. The van der Waals surface area contributed by atoms with Gasteiger partial charge in [0.2, 0.25) is 0 Å². The molecule has 0 aliphatic carbocycles. The summed E-state index contributed by atoms with van der Waals surface area (Å²) in [6.07, 6.45) is 0. The Hall–Kier alpha value is -1.99. The summed E-state index contributed by atoms with van der Waals surface area (Å²) >= 11 is 1.54. The third kappa shape index (κ3) is 2.18. The second-order valence-corrected chi connectivity index (χ2v) is 5.29. The SMILES string of the molecule is CN(C)c1ccc2[nH]c(-c3csc(CN)n3)nc2n1. The first-order chi connectivity index (χ1) is 9.17. The Bertz CT molecular complexity index is 714. The van der Waals surface area contributed by atoms with Gasteiger partial charge in [-0.05, 0) is 12.1 Å². The van der Waals surface area contributed by atoms with Gasteiger partial charge in [0.05, 0.1) is 5.52 Å². The zero-order chi connectivity index (χ0) is 13.4. The first-order valence-electron chi connectivity index (χ1n) is 5.86. The predicted molar refractivity (Wildman–Crippen MR) is 77.2 cm³/mol. The Morgan fingerprint density at radius 3 is 2.79 bits per heavy atom. The fourth-order valence-electron chi connectivity index (χ4n) is 1.77. The van der Waals surface area contributed by atoms with Gasteiger partial charge in [-0.2, -0.15) is 0 Å². The number of H-pyrrole nitrogens is 1. The lowest BCUT2D eigenvalue weighted by Gasteiger charge is -2.09. The number of nitrogens with two attached hydrogens (primary N) is 1. The fraction of sp³-hybridized carbons (Fsp3) is 0.250. The Labute approximate surface area is 114 Å². The van der Waals surface area contributed by atoms with E-state index in [0.29, 0.717) is 12.2 Å². The van der Waals surface area contributed by atoms with E-state index < -0.39 is 0 Å². The van der Waals surface area contributed by atoms with Crippen LogP contribution in [0.3, 0.4) is 0 Å². The van der Waals surface area contributed by atoms with Crippen molar-refractivity contribution in [2.75, 3.05) is 19.0 Å². The quantitative estimate of drug-likeness (QED) is 0.758. The molecule has 0 saturated heterocycles. The van der Waals surface area contributed by atoms with E-state index >= 15 is 0 Å². The molecular formula is C12H14N6S. The zero-order valence-corrected chi connectivity index (χ0v) is 11.5. The van der Waals surface area contributed by atoms with Gasteiger partial charge < -0.3 is 15.6 Å². The number of rotatable bonds is 3. The minimum Gasteiger partial charge on any atom is -0.363 e. The summed E-state index contributed by atoms with van der Waals surface area (Å²) in [5, 5.41) is 2.85. The Morgan fingerprint density at radius 2 is 2.11 bits per heavy atom. The maximum atomic E-state index is 5.57. The molecule has 0 aliphatic heterocycles. The molecule has 3 aromatic heterocycles. The Kier molecular flexibility index (Phi) is 2.92. The van der Waals surface area contributed by atoms with E-state index in [2.05, 4.69) is 19.9 Å².